The van der Waals surface area contributed by atoms with Gasteiger partial charge in [0, 0.05) is 6.04 Å². The second kappa shape index (κ2) is 4.55. The van der Waals surface area contributed by atoms with Crippen molar-refractivity contribution in [2.45, 2.75) is 45.6 Å². The average molecular weight is 153 g/mol. The van der Waals surface area contributed by atoms with Gasteiger partial charge in [0.2, 0.25) is 0 Å². The predicted molar refractivity (Wildman–Crippen MR) is 49.7 cm³/mol. The van der Waals surface area contributed by atoms with E-state index in [0.717, 1.165) is 6.04 Å². The zero-order chi connectivity index (χ0) is 8.10. The predicted octanol–water partition coefficient (Wildman–Crippen LogP) is 2.48. The molecule has 0 aromatic heterocycles. The third-order valence-electron chi connectivity index (χ3n) is 2.54. The molecule has 0 spiro atoms. The number of allylic oxidation sites excluding steroid dienone is 2. The molecule has 1 heteroatoms. The first-order valence-corrected chi connectivity index (χ1v) is 4.68. The van der Waals surface area contributed by atoms with Crippen LogP contribution in [0.2, 0.25) is 0 Å². The Labute approximate surface area is 69.9 Å². The van der Waals surface area contributed by atoms with Gasteiger partial charge in [-0.3, -0.25) is 0 Å². The lowest BCUT2D eigenvalue weighted by Gasteiger charge is -2.08. The first-order chi connectivity index (χ1) is 5.33. The Morgan fingerprint density at radius 3 is 3.00 bits per heavy atom. The smallest absolute Gasteiger partial charge is 0.00705 e. The quantitative estimate of drug-likeness (QED) is 0.614. The molecule has 0 aromatic rings. The summed E-state index contributed by atoms with van der Waals surface area (Å²) in [4.78, 5) is 0. The van der Waals surface area contributed by atoms with Gasteiger partial charge in [0.1, 0.15) is 0 Å². The Morgan fingerprint density at radius 1 is 1.64 bits per heavy atom. The summed E-state index contributed by atoms with van der Waals surface area (Å²) in [7, 11) is 0. The van der Waals surface area contributed by atoms with Crippen LogP contribution in [0.25, 0.3) is 0 Å². The molecule has 64 valence electrons. The summed E-state index contributed by atoms with van der Waals surface area (Å²) < 4.78 is 0. The zero-order valence-electron chi connectivity index (χ0n) is 7.69. The van der Waals surface area contributed by atoms with Crippen molar-refractivity contribution in [2.75, 3.05) is 6.54 Å². The zero-order valence-corrected chi connectivity index (χ0v) is 7.69. The van der Waals surface area contributed by atoms with Gasteiger partial charge in [0.05, 0.1) is 0 Å². The third kappa shape index (κ3) is 3.06. The summed E-state index contributed by atoms with van der Waals surface area (Å²) >= 11 is 0. The van der Waals surface area contributed by atoms with Crippen LogP contribution in [0.4, 0.5) is 0 Å². The topological polar surface area (TPSA) is 12.0 Å². The van der Waals surface area contributed by atoms with Crippen LogP contribution in [0, 0.1) is 0 Å². The molecule has 0 aliphatic carbocycles. The van der Waals surface area contributed by atoms with Crippen LogP contribution >= 0.6 is 0 Å². The molecule has 1 fully saturated rings. The third-order valence-corrected chi connectivity index (χ3v) is 2.54. The lowest BCUT2D eigenvalue weighted by Crippen LogP contribution is -2.20. The Kier molecular flexibility index (Phi) is 3.64. The highest BCUT2D eigenvalue weighted by atomic mass is 14.9. The van der Waals surface area contributed by atoms with Gasteiger partial charge in [-0.15, -0.1) is 0 Å². The fourth-order valence-electron chi connectivity index (χ4n) is 1.55. The Morgan fingerprint density at radius 2 is 2.45 bits per heavy atom. The van der Waals surface area contributed by atoms with Gasteiger partial charge in [-0.1, -0.05) is 11.6 Å². The maximum Gasteiger partial charge on any atom is 0.00705 e. The standard InChI is InChI=1S/C10H19N/c1-3-9(2)6-7-10-5-4-8-11-10/h3,10-11H,4-8H2,1-2H3/b9-3+. The summed E-state index contributed by atoms with van der Waals surface area (Å²) in [6, 6.07) is 0.810. The summed E-state index contributed by atoms with van der Waals surface area (Å²) in [5.74, 6) is 0. The van der Waals surface area contributed by atoms with Crippen molar-refractivity contribution < 1.29 is 0 Å². The molecule has 0 saturated carbocycles. The minimum Gasteiger partial charge on any atom is -0.314 e. The van der Waals surface area contributed by atoms with Crippen LogP contribution in [0.5, 0.6) is 0 Å². The van der Waals surface area contributed by atoms with E-state index >= 15 is 0 Å². The Bertz CT molecular complexity index is 132. The average Bonchev–Trinajstić information content (AvgIpc) is 2.52. The van der Waals surface area contributed by atoms with E-state index in [1.807, 2.05) is 0 Å². The number of hydrogen-bond acceptors (Lipinski definition) is 1. The van der Waals surface area contributed by atoms with Crippen LogP contribution < -0.4 is 5.32 Å². The minimum atomic E-state index is 0.810. The first kappa shape index (κ1) is 8.79. The van der Waals surface area contributed by atoms with Gasteiger partial charge in [0.25, 0.3) is 0 Å². The van der Waals surface area contributed by atoms with Crippen LogP contribution in [0.3, 0.4) is 0 Å². The maximum absolute atomic E-state index is 3.51. The van der Waals surface area contributed by atoms with E-state index < -0.39 is 0 Å². The van der Waals surface area contributed by atoms with E-state index in [9.17, 15) is 0 Å². The van der Waals surface area contributed by atoms with Gasteiger partial charge in [0.15, 0.2) is 0 Å². The van der Waals surface area contributed by atoms with Crippen molar-refractivity contribution in [3.05, 3.63) is 11.6 Å². The highest BCUT2D eigenvalue weighted by Crippen LogP contribution is 2.13. The fraction of sp³-hybridized carbons (Fsp3) is 0.800. The summed E-state index contributed by atoms with van der Waals surface area (Å²) in [5.41, 5.74) is 1.53. The number of hydrogen-bond donors (Lipinski definition) is 1. The Balaban J connectivity index is 2.11. The molecule has 1 atom stereocenters. The van der Waals surface area contributed by atoms with Crippen molar-refractivity contribution in [1.82, 2.24) is 5.32 Å². The van der Waals surface area contributed by atoms with Crippen LogP contribution in [-0.4, -0.2) is 12.6 Å². The lowest BCUT2D eigenvalue weighted by molar-refractivity contribution is 0.557. The molecule has 1 saturated heterocycles. The molecule has 0 bridgehead atoms. The second-order valence-corrected chi connectivity index (χ2v) is 3.47. The minimum absolute atomic E-state index is 0.810. The van der Waals surface area contributed by atoms with Crippen LogP contribution in [0.1, 0.15) is 39.5 Å². The molecule has 1 nitrogen and oxygen atoms in total. The SMILES string of the molecule is C/C=C(\C)CCC1CCCN1. The van der Waals surface area contributed by atoms with Crippen molar-refractivity contribution in [3.63, 3.8) is 0 Å². The molecular formula is C10H19N. The van der Waals surface area contributed by atoms with Crippen LogP contribution in [-0.2, 0) is 0 Å². The van der Waals surface area contributed by atoms with Crippen molar-refractivity contribution in [1.29, 1.82) is 0 Å². The first-order valence-electron chi connectivity index (χ1n) is 4.68. The molecule has 1 rings (SSSR count). The maximum atomic E-state index is 3.51. The van der Waals surface area contributed by atoms with Gasteiger partial charge in [-0.2, -0.15) is 0 Å². The molecule has 0 aromatic carbocycles. The monoisotopic (exact) mass is 153 g/mol. The number of rotatable bonds is 3. The normalized spacial score (nSPS) is 26.0. The van der Waals surface area contributed by atoms with E-state index in [4.69, 9.17) is 0 Å². The fourth-order valence-corrected chi connectivity index (χ4v) is 1.55. The van der Waals surface area contributed by atoms with E-state index in [1.54, 1.807) is 0 Å². The molecule has 1 heterocycles. The van der Waals surface area contributed by atoms with Gasteiger partial charge < -0.3 is 5.32 Å². The lowest BCUT2D eigenvalue weighted by atomic mass is 10.1. The van der Waals surface area contributed by atoms with Crippen molar-refractivity contribution in [3.8, 4) is 0 Å². The second-order valence-electron chi connectivity index (χ2n) is 3.47. The summed E-state index contributed by atoms with van der Waals surface area (Å²) in [6.07, 6.45) is 7.58. The molecule has 0 radical (unpaired) electrons. The molecule has 0 amide bonds. The van der Waals surface area contributed by atoms with Crippen molar-refractivity contribution >= 4 is 0 Å². The molecule has 1 aliphatic rings. The van der Waals surface area contributed by atoms with E-state index in [0.29, 0.717) is 0 Å². The van der Waals surface area contributed by atoms with Gasteiger partial charge in [-0.05, 0) is 46.1 Å². The molecule has 11 heavy (non-hydrogen) atoms. The molecule has 1 aliphatic heterocycles. The van der Waals surface area contributed by atoms with Gasteiger partial charge in [-0.25, -0.2) is 0 Å². The highest BCUT2D eigenvalue weighted by Gasteiger charge is 2.12. The van der Waals surface area contributed by atoms with E-state index in [-0.39, 0.29) is 0 Å². The number of nitrogens with one attached hydrogen (secondary N) is 1. The summed E-state index contributed by atoms with van der Waals surface area (Å²) in [6.45, 7) is 5.58. The van der Waals surface area contributed by atoms with E-state index in [2.05, 4.69) is 25.2 Å². The summed E-state index contributed by atoms with van der Waals surface area (Å²) in [5, 5.41) is 3.51. The highest BCUT2D eigenvalue weighted by molar-refractivity contribution is 4.96. The molecular weight excluding hydrogens is 134 g/mol. The van der Waals surface area contributed by atoms with Gasteiger partial charge >= 0.3 is 0 Å². The van der Waals surface area contributed by atoms with E-state index in [1.165, 1.54) is 37.8 Å². The largest absolute Gasteiger partial charge is 0.314 e. The molecule has 1 N–H and O–H groups in total. The Hall–Kier alpha value is -0.300. The van der Waals surface area contributed by atoms with Crippen LogP contribution in [0.15, 0.2) is 11.6 Å². The van der Waals surface area contributed by atoms with Crippen molar-refractivity contribution in [2.24, 2.45) is 0 Å². The molecule has 1 unspecified atom stereocenters.